The molecule has 0 N–H and O–H groups in total. The Morgan fingerprint density at radius 2 is 1.27 bits per heavy atom. The molecule has 0 spiro atoms. The minimum atomic E-state index is -0.139. The lowest BCUT2D eigenvalue weighted by molar-refractivity contribution is -0.230. The summed E-state index contributed by atoms with van der Waals surface area (Å²) >= 11 is 0. The fraction of sp³-hybridized carbons (Fsp3) is 1.00. The van der Waals surface area contributed by atoms with Crippen LogP contribution in [0.3, 0.4) is 0 Å². The number of rotatable bonds is 6. The van der Waals surface area contributed by atoms with E-state index in [9.17, 15) is 0 Å². The van der Waals surface area contributed by atoms with Crippen LogP contribution in [-0.4, -0.2) is 26.8 Å². The van der Waals surface area contributed by atoms with Gasteiger partial charge in [-0.25, -0.2) is 0 Å². The molecule has 0 rings (SSSR count). The third-order valence-electron chi connectivity index (χ3n) is 1.50. The number of hydrogen-bond donors (Lipinski definition) is 0. The van der Waals surface area contributed by atoms with Gasteiger partial charge in [-0.2, -0.15) is 0 Å². The second-order valence-electron chi connectivity index (χ2n) is 2.28. The Morgan fingerprint density at radius 3 is 1.45 bits per heavy atom. The van der Waals surface area contributed by atoms with E-state index in [0.29, 0.717) is 0 Å². The van der Waals surface area contributed by atoms with Gasteiger partial charge in [-0.05, 0) is 12.8 Å². The topological polar surface area (TPSA) is 27.7 Å². The molecule has 0 aromatic carbocycles. The largest absolute Gasteiger partial charge is 0.356 e. The predicted molar refractivity (Wildman–Crippen MR) is 43.3 cm³/mol. The van der Waals surface area contributed by atoms with Gasteiger partial charge >= 0.3 is 0 Å². The molecule has 2 atom stereocenters. The van der Waals surface area contributed by atoms with E-state index < -0.39 is 0 Å². The van der Waals surface area contributed by atoms with E-state index in [1.54, 1.807) is 14.2 Å². The van der Waals surface area contributed by atoms with Crippen LogP contribution in [0.2, 0.25) is 0 Å². The van der Waals surface area contributed by atoms with E-state index in [1.807, 2.05) is 13.8 Å². The summed E-state index contributed by atoms with van der Waals surface area (Å²) in [5.74, 6) is 0. The van der Waals surface area contributed by atoms with Gasteiger partial charge in [0.1, 0.15) is 0 Å². The number of methoxy groups -OCH3 is 2. The van der Waals surface area contributed by atoms with Crippen LogP contribution in [0.5, 0.6) is 0 Å². The lowest BCUT2D eigenvalue weighted by Gasteiger charge is -2.20. The van der Waals surface area contributed by atoms with Gasteiger partial charge in [0.05, 0.1) is 0 Å². The van der Waals surface area contributed by atoms with Gasteiger partial charge in [-0.3, -0.25) is 0 Å². The molecule has 0 amide bonds. The van der Waals surface area contributed by atoms with Crippen LogP contribution in [0, 0.1) is 0 Å². The molecule has 3 nitrogen and oxygen atoms in total. The van der Waals surface area contributed by atoms with Gasteiger partial charge in [0, 0.05) is 14.2 Å². The number of ether oxygens (including phenoxy) is 3. The van der Waals surface area contributed by atoms with Crippen molar-refractivity contribution in [2.24, 2.45) is 0 Å². The standard InChI is InChI=1S/C8H18O3/c1-5-7(9-3)11-8(6-2)10-4/h7-8H,5-6H2,1-4H3/t7-,8+. The summed E-state index contributed by atoms with van der Waals surface area (Å²) in [5.41, 5.74) is 0. The summed E-state index contributed by atoms with van der Waals surface area (Å²) in [6, 6.07) is 0. The fourth-order valence-electron chi connectivity index (χ4n) is 0.806. The molecule has 0 saturated heterocycles. The molecule has 0 bridgehead atoms. The third kappa shape index (κ3) is 4.35. The van der Waals surface area contributed by atoms with Gasteiger partial charge in [-0.15, -0.1) is 0 Å². The van der Waals surface area contributed by atoms with Crippen molar-refractivity contribution in [3.8, 4) is 0 Å². The average Bonchev–Trinajstić information content (AvgIpc) is 2.07. The molecular formula is C8H18O3. The Labute approximate surface area is 68.6 Å². The van der Waals surface area contributed by atoms with Crippen molar-refractivity contribution in [1.29, 1.82) is 0 Å². The molecule has 0 aliphatic heterocycles. The lowest BCUT2D eigenvalue weighted by Crippen LogP contribution is -2.23. The SMILES string of the molecule is CC[C@H](OC)O[C@@H](CC)OC. The molecule has 0 aliphatic rings. The van der Waals surface area contributed by atoms with Gasteiger partial charge < -0.3 is 14.2 Å². The molecule has 0 saturated carbocycles. The average molecular weight is 162 g/mol. The summed E-state index contributed by atoms with van der Waals surface area (Å²) in [4.78, 5) is 0. The zero-order chi connectivity index (χ0) is 8.69. The van der Waals surface area contributed by atoms with Crippen molar-refractivity contribution >= 4 is 0 Å². The second kappa shape index (κ2) is 6.58. The highest BCUT2D eigenvalue weighted by atomic mass is 16.8. The first-order chi connectivity index (χ1) is 5.28. The van der Waals surface area contributed by atoms with Crippen molar-refractivity contribution < 1.29 is 14.2 Å². The molecular weight excluding hydrogens is 144 g/mol. The molecule has 3 heteroatoms. The summed E-state index contributed by atoms with van der Waals surface area (Å²) in [6.45, 7) is 4.02. The van der Waals surface area contributed by atoms with E-state index in [-0.39, 0.29) is 12.6 Å². The lowest BCUT2D eigenvalue weighted by atomic mass is 10.4. The minimum absolute atomic E-state index is 0.139. The Morgan fingerprint density at radius 1 is 0.909 bits per heavy atom. The molecule has 11 heavy (non-hydrogen) atoms. The van der Waals surface area contributed by atoms with Crippen LogP contribution >= 0.6 is 0 Å². The van der Waals surface area contributed by atoms with Gasteiger partial charge in [0.2, 0.25) is 0 Å². The van der Waals surface area contributed by atoms with Gasteiger partial charge in [0.15, 0.2) is 12.6 Å². The van der Waals surface area contributed by atoms with Crippen LogP contribution in [0.15, 0.2) is 0 Å². The van der Waals surface area contributed by atoms with E-state index in [2.05, 4.69) is 0 Å². The first kappa shape index (κ1) is 10.9. The molecule has 0 aliphatic carbocycles. The quantitative estimate of drug-likeness (QED) is 0.557. The van der Waals surface area contributed by atoms with Crippen LogP contribution < -0.4 is 0 Å². The zero-order valence-corrected chi connectivity index (χ0v) is 7.79. The molecule has 0 aromatic rings. The first-order valence-corrected chi connectivity index (χ1v) is 3.99. The van der Waals surface area contributed by atoms with Crippen molar-refractivity contribution in [3.63, 3.8) is 0 Å². The predicted octanol–water partition coefficient (Wildman–Crippen LogP) is 1.77. The third-order valence-corrected chi connectivity index (χ3v) is 1.50. The molecule has 0 radical (unpaired) electrons. The first-order valence-electron chi connectivity index (χ1n) is 3.99. The van der Waals surface area contributed by atoms with Crippen LogP contribution in [0.4, 0.5) is 0 Å². The summed E-state index contributed by atoms with van der Waals surface area (Å²) in [7, 11) is 3.27. The molecule has 68 valence electrons. The van der Waals surface area contributed by atoms with Crippen LogP contribution in [-0.2, 0) is 14.2 Å². The molecule has 0 heterocycles. The van der Waals surface area contributed by atoms with Crippen molar-refractivity contribution in [2.45, 2.75) is 39.3 Å². The maximum absolute atomic E-state index is 5.40. The Hall–Kier alpha value is -0.120. The zero-order valence-electron chi connectivity index (χ0n) is 7.79. The van der Waals surface area contributed by atoms with E-state index >= 15 is 0 Å². The molecule has 0 fully saturated rings. The normalized spacial score (nSPS) is 16.4. The summed E-state index contributed by atoms with van der Waals surface area (Å²) < 4.78 is 15.5. The highest BCUT2D eigenvalue weighted by molar-refractivity contribution is 4.42. The summed E-state index contributed by atoms with van der Waals surface area (Å²) in [5, 5.41) is 0. The van der Waals surface area contributed by atoms with Gasteiger partial charge in [0.25, 0.3) is 0 Å². The maximum atomic E-state index is 5.40. The minimum Gasteiger partial charge on any atom is -0.356 e. The number of hydrogen-bond acceptors (Lipinski definition) is 3. The van der Waals surface area contributed by atoms with Crippen molar-refractivity contribution in [1.82, 2.24) is 0 Å². The highest BCUT2D eigenvalue weighted by Crippen LogP contribution is 2.06. The van der Waals surface area contributed by atoms with Crippen LogP contribution in [0.25, 0.3) is 0 Å². The Bertz CT molecular complexity index is 67.4. The van der Waals surface area contributed by atoms with Crippen LogP contribution in [0.1, 0.15) is 26.7 Å². The molecule has 0 aromatic heterocycles. The summed E-state index contributed by atoms with van der Waals surface area (Å²) in [6.07, 6.45) is 1.41. The van der Waals surface area contributed by atoms with E-state index in [4.69, 9.17) is 14.2 Å². The van der Waals surface area contributed by atoms with E-state index in [0.717, 1.165) is 12.8 Å². The van der Waals surface area contributed by atoms with E-state index in [1.165, 1.54) is 0 Å². The Balaban J connectivity index is 3.58. The maximum Gasteiger partial charge on any atom is 0.160 e. The highest BCUT2D eigenvalue weighted by Gasteiger charge is 2.11. The Kier molecular flexibility index (Phi) is 6.51. The smallest absolute Gasteiger partial charge is 0.160 e. The molecule has 0 unspecified atom stereocenters. The monoisotopic (exact) mass is 162 g/mol. The second-order valence-corrected chi connectivity index (χ2v) is 2.28. The van der Waals surface area contributed by atoms with Crippen molar-refractivity contribution in [2.75, 3.05) is 14.2 Å². The fourth-order valence-corrected chi connectivity index (χ4v) is 0.806. The van der Waals surface area contributed by atoms with Crippen molar-refractivity contribution in [3.05, 3.63) is 0 Å². The van der Waals surface area contributed by atoms with Gasteiger partial charge in [-0.1, -0.05) is 13.8 Å².